The molecule has 0 bridgehead atoms. The second-order valence-electron chi connectivity index (χ2n) is 8.39. The number of allylic oxidation sites excluding steroid dienone is 1. The number of fused-ring (bicyclic) bond motifs is 1. The molecule has 1 N–H and O–H groups in total. The van der Waals surface area contributed by atoms with E-state index in [-0.39, 0.29) is 6.61 Å². The Hall–Kier alpha value is -3.88. The van der Waals surface area contributed by atoms with E-state index in [9.17, 15) is 4.79 Å². The predicted molar refractivity (Wildman–Crippen MR) is 131 cm³/mol. The first-order valence-electron chi connectivity index (χ1n) is 11.9. The second kappa shape index (κ2) is 11.5. The van der Waals surface area contributed by atoms with Crippen molar-refractivity contribution in [3.05, 3.63) is 70.9 Å². The molecule has 0 saturated carbocycles. The zero-order chi connectivity index (χ0) is 24.6. The second-order valence-corrected chi connectivity index (χ2v) is 8.39. The Morgan fingerprint density at radius 1 is 1.09 bits per heavy atom. The molecule has 35 heavy (non-hydrogen) atoms. The van der Waals surface area contributed by atoms with E-state index in [1.54, 1.807) is 11.8 Å². The molecule has 0 aliphatic carbocycles. The lowest BCUT2D eigenvalue weighted by Crippen LogP contribution is -2.29. The number of tetrazole rings is 1. The molecular formula is C26H31N5O4. The number of ether oxygens (including phenoxy) is 3. The molecule has 1 aliphatic rings. The lowest BCUT2D eigenvalue weighted by molar-refractivity contribution is -0.140. The number of hydrogen-bond donors (Lipinski definition) is 1. The van der Waals surface area contributed by atoms with Gasteiger partial charge in [0.15, 0.2) is 11.5 Å². The number of unbranched alkanes of at least 4 members (excludes halogenated alkanes) is 3. The highest BCUT2D eigenvalue weighted by atomic mass is 16.5. The van der Waals surface area contributed by atoms with Crippen molar-refractivity contribution in [2.45, 2.75) is 52.2 Å². The molecule has 1 aliphatic heterocycles. The van der Waals surface area contributed by atoms with Gasteiger partial charge < -0.3 is 19.5 Å². The maximum absolute atomic E-state index is 13.3. The summed E-state index contributed by atoms with van der Waals surface area (Å²) in [5.41, 5.74) is 2.74. The minimum Gasteiger partial charge on any atom is -0.493 e. The van der Waals surface area contributed by atoms with E-state index in [1.165, 1.54) is 12.8 Å². The van der Waals surface area contributed by atoms with Crippen LogP contribution in [-0.4, -0.2) is 39.9 Å². The van der Waals surface area contributed by atoms with E-state index in [0.29, 0.717) is 35.3 Å². The molecule has 2 heterocycles. The smallest absolute Gasteiger partial charge is 0.338 e. The SMILES string of the molecule is CCCCCCOc1ccc(C2C(C(=O)OCc3ccccc3)=C(C)Nc3nnnn32)cc1OC. The fourth-order valence-corrected chi connectivity index (χ4v) is 4.07. The van der Waals surface area contributed by atoms with Crippen LogP contribution in [0, 0.1) is 0 Å². The number of rotatable bonds is 11. The number of benzene rings is 2. The zero-order valence-corrected chi connectivity index (χ0v) is 20.4. The van der Waals surface area contributed by atoms with E-state index < -0.39 is 12.0 Å². The zero-order valence-electron chi connectivity index (χ0n) is 20.4. The van der Waals surface area contributed by atoms with Crippen molar-refractivity contribution < 1.29 is 19.0 Å². The molecule has 9 heteroatoms. The third-order valence-corrected chi connectivity index (χ3v) is 5.91. The summed E-state index contributed by atoms with van der Waals surface area (Å²) >= 11 is 0. The van der Waals surface area contributed by atoms with Crippen molar-refractivity contribution in [1.82, 2.24) is 20.2 Å². The first-order valence-corrected chi connectivity index (χ1v) is 11.9. The number of methoxy groups -OCH3 is 1. The normalized spacial score (nSPS) is 14.8. The molecule has 3 aromatic rings. The Bertz CT molecular complexity index is 1180. The van der Waals surface area contributed by atoms with Gasteiger partial charge in [0, 0.05) is 5.70 Å². The minimum absolute atomic E-state index is 0.166. The summed E-state index contributed by atoms with van der Waals surface area (Å²) in [6.45, 7) is 4.78. The summed E-state index contributed by atoms with van der Waals surface area (Å²) in [7, 11) is 1.60. The highest BCUT2D eigenvalue weighted by Gasteiger charge is 2.35. The van der Waals surface area contributed by atoms with Crippen LogP contribution in [0.3, 0.4) is 0 Å². The van der Waals surface area contributed by atoms with Crippen molar-refractivity contribution in [2.75, 3.05) is 19.0 Å². The molecule has 0 saturated heterocycles. The quantitative estimate of drug-likeness (QED) is 0.314. The van der Waals surface area contributed by atoms with Crippen molar-refractivity contribution in [1.29, 1.82) is 0 Å². The Morgan fingerprint density at radius 2 is 1.91 bits per heavy atom. The van der Waals surface area contributed by atoms with Gasteiger partial charge in [-0.05, 0) is 47.0 Å². The van der Waals surface area contributed by atoms with Crippen LogP contribution in [0.4, 0.5) is 5.95 Å². The molecule has 2 aromatic carbocycles. The molecule has 0 fully saturated rings. The van der Waals surface area contributed by atoms with E-state index in [2.05, 4.69) is 27.8 Å². The number of carbonyl (C=O) groups excluding carboxylic acids is 1. The van der Waals surface area contributed by atoms with Crippen LogP contribution in [0.15, 0.2) is 59.8 Å². The molecule has 1 atom stereocenters. The first-order chi connectivity index (χ1) is 17.1. The molecule has 1 aromatic heterocycles. The Morgan fingerprint density at radius 3 is 2.69 bits per heavy atom. The molecule has 4 rings (SSSR count). The van der Waals surface area contributed by atoms with E-state index >= 15 is 0 Å². The summed E-state index contributed by atoms with van der Waals surface area (Å²) in [5.74, 6) is 1.25. The van der Waals surface area contributed by atoms with E-state index in [0.717, 1.165) is 24.0 Å². The average molecular weight is 478 g/mol. The summed E-state index contributed by atoms with van der Waals surface area (Å²) < 4.78 is 18.8. The number of esters is 1. The fourth-order valence-electron chi connectivity index (χ4n) is 4.07. The van der Waals surface area contributed by atoms with Gasteiger partial charge in [0.1, 0.15) is 12.6 Å². The van der Waals surface area contributed by atoms with Gasteiger partial charge in [-0.25, -0.2) is 4.79 Å². The fraction of sp³-hybridized carbons (Fsp3) is 0.385. The standard InChI is InChI=1S/C26H31N5O4/c1-4-5-6-10-15-34-21-14-13-20(16-22(21)33-3)24-23(18(2)27-26-28-29-30-31(24)26)25(32)35-17-19-11-8-7-9-12-19/h7-9,11-14,16,24H,4-6,10,15,17H2,1-3H3,(H,27,28,30). The van der Waals surface area contributed by atoms with Crippen LogP contribution < -0.4 is 14.8 Å². The largest absolute Gasteiger partial charge is 0.493 e. The van der Waals surface area contributed by atoms with Gasteiger partial charge in [0.05, 0.1) is 19.3 Å². The monoisotopic (exact) mass is 477 g/mol. The number of nitrogens with one attached hydrogen (secondary N) is 1. The van der Waals surface area contributed by atoms with Gasteiger partial charge in [-0.2, -0.15) is 4.68 Å². The lowest BCUT2D eigenvalue weighted by atomic mass is 9.95. The van der Waals surface area contributed by atoms with E-state index in [4.69, 9.17) is 14.2 Å². The third kappa shape index (κ3) is 5.62. The molecule has 1 unspecified atom stereocenters. The summed E-state index contributed by atoms with van der Waals surface area (Å²) in [6.07, 6.45) is 4.49. The number of nitrogens with zero attached hydrogens (tertiary/aromatic N) is 4. The Kier molecular flexibility index (Phi) is 7.97. The number of aromatic nitrogens is 4. The summed E-state index contributed by atoms with van der Waals surface area (Å²) in [5, 5.41) is 15.1. The van der Waals surface area contributed by atoms with Gasteiger partial charge in [-0.1, -0.05) is 67.7 Å². The van der Waals surface area contributed by atoms with Crippen LogP contribution in [0.25, 0.3) is 0 Å². The predicted octanol–water partition coefficient (Wildman–Crippen LogP) is 4.67. The van der Waals surface area contributed by atoms with Gasteiger partial charge in [0.25, 0.3) is 0 Å². The average Bonchev–Trinajstić information content (AvgIpc) is 3.35. The Balaban J connectivity index is 1.59. The lowest BCUT2D eigenvalue weighted by Gasteiger charge is -2.28. The first kappa shape index (κ1) is 24.3. The molecule has 184 valence electrons. The highest BCUT2D eigenvalue weighted by Crippen LogP contribution is 2.38. The van der Waals surface area contributed by atoms with Gasteiger partial charge in [0.2, 0.25) is 5.95 Å². The molecule has 0 radical (unpaired) electrons. The maximum atomic E-state index is 13.3. The van der Waals surface area contributed by atoms with Crippen LogP contribution >= 0.6 is 0 Å². The van der Waals surface area contributed by atoms with Gasteiger partial charge in [-0.15, -0.1) is 0 Å². The van der Waals surface area contributed by atoms with Crippen LogP contribution in [0.1, 0.15) is 56.7 Å². The van der Waals surface area contributed by atoms with Gasteiger partial charge >= 0.3 is 5.97 Å². The van der Waals surface area contributed by atoms with Crippen LogP contribution in [-0.2, 0) is 16.1 Å². The highest BCUT2D eigenvalue weighted by molar-refractivity contribution is 5.92. The van der Waals surface area contributed by atoms with Gasteiger partial charge in [-0.3, -0.25) is 0 Å². The summed E-state index contributed by atoms with van der Waals surface area (Å²) in [4.78, 5) is 13.3. The number of carbonyl (C=O) groups is 1. The molecule has 9 nitrogen and oxygen atoms in total. The topological polar surface area (TPSA) is 100 Å². The minimum atomic E-state index is -0.586. The van der Waals surface area contributed by atoms with Crippen LogP contribution in [0.2, 0.25) is 0 Å². The molecule has 0 amide bonds. The molecular weight excluding hydrogens is 446 g/mol. The Labute approximate surface area is 205 Å². The van der Waals surface area contributed by atoms with Crippen LogP contribution in [0.5, 0.6) is 11.5 Å². The van der Waals surface area contributed by atoms with Crippen molar-refractivity contribution in [2.24, 2.45) is 0 Å². The third-order valence-electron chi connectivity index (χ3n) is 5.91. The van der Waals surface area contributed by atoms with Crippen molar-refractivity contribution >= 4 is 11.9 Å². The number of anilines is 1. The maximum Gasteiger partial charge on any atom is 0.338 e. The number of hydrogen-bond acceptors (Lipinski definition) is 8. The van der Waals surface area contributed by atoms with Crippen molar-refractivity contribution in [3.8, 4) is 11.5 Å². The van der Waals surface area contributed by atoms with E-state index in [1.807, 2.05) is 55.5 Å². The van der Waals surface area contributed by atoms with Crippen molar-refractivity contribution in [3.63, 3.8) is 0 Å². The molecule has 0 spiro atoms. The summed E-state index contributed by atoms with van der Waals surface area (Å²) in [6, 6.07) is 14.6.